The molecule has 1 N–H and O–H groups in total. The van der Waals surface area contributed by atoms with Gasteiger partial charge in [-0.1, -0.05) is 12.1 Å². The average Bonchev–Trinajstić information content (AvgIpc) is 3.48. The first-order chi connectivity index (χ1) is 20.2. The molecule has 0 amide bonds. The maximum atomic E-state index is 14.0. The van der Waals surface area contributed by atoms with Gasteiger partial charge in [0.1, 0.15) is 6.54 Å². The van der Waals surface area contributed by atoms with E-state index in [1.807, 2.05) is 22.9 Å². The van der Waals surface area contributed by atoms with Gasteiger partial charge in [-0.2, -0.15) is 23.3 Å². The molecule has 1 saturated heterocycles. The van der Waals surface area contributed by atoms with Crippen LogP contribution in [-0.4, -0.2) is 48.2 Å². The lowest BCUT2D eigenvalue weighted by Gasteiger charge is -2.24. The van der Waals surface area contributed by atoms with Crippen molar-refractivity contribution in [3.8, 4) is 28.1 Å². The number of nitrogens with zero attached hydrogens (tertiary/aromatic N) is 6. The number of benzene rings is 1. The van der Waals surface area contributed by atoms with Crippen LogP contribution in [-0.2, 0) is 11.8 Å². The Morgan fingerprint density at radius 2 is 1.83 bits per heavy atom. The highest BCUT2D eigenvalue weighted by Gasteiger charge is 2.27. The minimum atomic E-state index is -4.48. The fraction of sp³-hybridized carbons (Fsp3) is 0.276. The standard InChI is InChI=1S/C29H26F3N7O3/c1-37-16-19(7-10-24(37)40)22-14-20-15-33-28(34-17-29(30,31)32)36-26(20)38(27(22)41)21-8-5-18(6-9-21)23-11-12-35-39(23)25-4-2-3-13-42-25/h5-12,14-16,25H,2-4,13,17H2,1H3,(H,33,34,36). The van der Waals surface area contributed by atoms with Crippen LogP contribution in [0, 0.1) is 0 Å². The summed E-state index contributed by atoms with van der Waals surface area (Å²) in [5.74, 6) is -0.268. The van der Waals surface area contributed by atoms with Gasteiger partial charge in [-0.05, 0) is 49.6 Å². The zero-order valence-corrected chi connectivity index (χ0v) is 22.5. The molecule has 1 aliphatic heterocycles. The summed E-state index contributed by atoms with van der Waals surface area (Å²) in [6, 6.07) is 13.5. The molecule has 0 radical (unpaired) electrons. The Balaban J connectivity index is 1.47. The fourth-order valence-corrected chi connectivity index (χ4v) is 5.03. The predicted molar refractivity (Wildman–Crippen MR) is 150 cm³/mol. The van der Waals surface area contributed by atoms with E-state index in [-0.39, 0.29) is 28.9 Å². The first kappa shape index (κ1) is 27.4. The predicted octanol–water partition coefficient (Wildman–Crippen LogP) is 4.68. The lowest BCUT2D eigenvalue weighted by atomic mass is 10.1. The van der Waals surface area contributed by atoms with Gasteiger partial charge in [-0.25, -0.2) is 9.67 Å². The highest BCUT2D eigenvalue weighted by atomic mass is 19.4. The normalized spacial score (nSPS) is 15.7. The summed E-state index contributed by atoms with van der Waals surface area (Å²) in [5.41, 5.74) is 2.33. The largest absolute Gasteiger partial charge is 0.405 e. The van der Waals surface area contributed by atoms with Crippen molar-refractivity contribution >= 4 is 17.0 Å². The number of ether oxygens (including phenoxy) is 1. The fourth-order valence-electron chi connectivity index (χ4n) is 5.03. The molecule has 42 heavy (non-hydrogen) atoms. The molecule has 1 aliphatic rings. The first-order valence-electron chi connectivity index (χ1n) is 13.3. The Bertz CT molecular complexity index is 1870. The van der Waals surface area contributed by atoms with Crippen LogP contribution >= 0.6 is 0 Å². The monoisotopic (exact) mass is 577 g/mol. The molecule has 5 aromatic rings. The third kappa shape index (κ3) is 5.42. The van der Waals surface area contributed by atoms with Crippen LogP contribution in [0.15, 0.2) is 76.7 Å². The van der Waals surface area contributed by atoms with Gasteiger partial charge in [-0.15, -0.1) is 0 Å². The molecule has 216 valence electrons. The van der Waals surface area contributed by atoms with Gasteiger partial charge in [0.05, 0.1) is 11.4 Å². The number of aromatic nitrogens is 6. The second-order valence-corrected chi connectivity index (χ2v) is 10.0. The molecule has 4 aromatic heterocycles. The maximum Gasteiger partial charge on any atom is 0.405 e. The van der Waals surface area contributed by atoms with E-state index in [9.17, 15) is 22.8 Å². The SMILES string of the molecule is Cn1cc(-c2cc3cnc(NCC(F)(F)F)nc3n(-c3ccc(-c4ccnn4C4CCCCO4)cc3)c2=O)ccc1=O. The third-order valence-corrected chi connectivity index (χ3v) is 7.10. The molecule has 5 heterocycles. The quantitative estimate of drug-likeness (QED) is 0.312. The lowest BCUT2D eigenvalue weighted by molar-refractivity contribution is -0.115. The van der Waals surface area contributed by atoms with Gasteiger partial charge in [0.25, 0.3) is 5.56 Å². The van der Waals surface area contributed by atoms with Crippen LogP contribution in [0.5, 0.6) is 0 Å². The minimum Gasteiger partial charge on any atom is -0.356 e. The summed E-state index contributed by atoms with van der Waals surface area (Å²) < 4.78 is 49.0. The highest BCUT2D eigenvalue weighted by Crippen LogP contribution is 2.29. The van der Waals surface area contributed by atoms with Crippen molar-refractivity contribution in [1.82, 2.24) is 28.9 Å². The van der Waals surface area contributed by atoms with Crippen molar-refractivity contribution in [2.45, 2.75) is 31.7 Å². The maximum absolute atomic E-state index is 14.0. The molecule has 0 spiro atoms. The van der Waals surface area contributed by atoms with Gasteiger partial charge in [0, 0.05) is 60.4 Å². The van der Waals surface area contributed by atoms with Gasteiger partial charge in [0.15, 0.2) is 11.9 Å². The first-order valence-corrected chi connectivity index (χ1v) is 13.3. The van der Waals surface area contributed by atoms with Gasteiger partial charge >= 0.3 is 6.18 Å². The Morgan fingerprint density at radius 1 is 1.05 bits per heavy atom. The van der Waals surface area contributed by atoms with E-state index in [2.05, 4.69) is 20.4 Å². The Labute approximate surface area is 237 Å². The number of hydrogen-bond donors (Lipinski definition) is 1. The van der Waals surface area contributed by atoms with E-state index in [0.29, 0.717) is 23.2 Å². The summed E-state index contributed by atoms with van der Waals surface area (Å²) in [6.45, 7) is -0.654. The number of alkyl halides is 3. The molecule has 0 saturated carbocycles. The molecule has 13 heteroatoms. The topological polar surface area (TPSA) is 109 Å². The van der Waals surface area contributed by atoms with Crippen LogP contribution in [0.3, 0.4) is 0 Å². The van der Waals surface area contributed by atoms with Gasteiger partial charge < -0.3 is 14.6 Å². The number of fused-ring (bicyclic) bond motifs is 1. The molecule has 6 rings (SSSR count). The van der Waals surface area contributed by atoms with Crippen molar-refractivity contribution < 1.29 is 17.9 Å². The Kier molecular flexibility index (Phi) is 7.11. The number of aryl methyl sites for hydroxylation is 1. The second-order valence-electron chi connectivity index (χ2n) is 10.0. The summed E-state index contributed by atoms with van der Waals surface area (Å²) in [7, 11) is 1.58. The molecule has 1 fully saturated rings. The van der Waals surface area contributed by atoms with Crippen LogP contribution in [0.25, 0.3) is 39.1 Å². The number of pyridine rings is 2. The van der Waals surface area contributed by atoms with Crippen LogP contribution < -0.4 is 16.4 Å². The van der Waals surface area contributed by atoms with Crippen molar-refractivity contribution in [2.75, 3.05) is 18.5 Å². The van der Waals surface area contributed by atoms with E-state index in [1.54, 1.807) is 43.7 Å². The summed E-state index contributed by atoms with van der Waals surface area (Å²) in [5, 5.41) is 7.06. The summed E-state index contributed by atoms with van der Waals surface area (Å²) in [4.78, 5) is 34.3. The summed E-state index contributed by atoms with van der Waals surface area (Å²) in [6.07, 6.45) is 2.90. The molecule has 0 aliphatic carbocycles. The smallest absolute Gasteiger partial charge is 0.356 e. The van der Waals surface area contributed by atoms with Gasteiger partial charge in [0.2, 0.25) is 11.5 Å². The second kappa shape index (κ2) is 10.9. The highest BCUT2D eigenvalue weighted by molar-refractivity contribution is 5.83. The van der Waals surface area contributed by atoms with Crippen molar-refractivity contribution in [3.05, 3.63) is 87.8 Å². The number of halogens is 3. The zero-order valence-electron chi connectivity index (χ0n) is 22.5. The zero-order chi connectivity index (χ0) is 29.4. The Morgan fingerprint density at radius 3 is 2.55 bits per heavy atom. The van der Waals surface area contributed by atoms with Gasteiger partial charge in [-0.3, -0.25) is 14.2 Å². The molecule has 10 nitrogen and oxygen atoms in total. The molecule has 1 unspecified atom stereocenters. The molecule has 1 aromatic carbocycles. The van der Waals surface area contributed by atoms with E-state index in [0.717, 1.165) is 30.5 Å². The Hall–Kier alpha value is -4.78. The lowest BCUT2D eigenvalue weighted by Crippen LogP contribution is -2.24. The third-order valence-electron chi connectivity index (χ3n) is 7.10. The number of anilines is 1. The van der Waals surface area contributed by atoms with Crippen molar-refractivity contribution in [2.24, 2.45) is 7.05 Å². The molecular weight excluding hydrogens is 551 g/mol. The molecule has 0 bridgehead atoms. The van der Waals surface area contributed by atoms with Crippen LogP contribution in [0.4, 0.5) is 19.1 Å². The number of nitrogens with one attached hydrogen (secondary N) is 1. The summed E-state index contributed by atoms with van der Waals surface area (Å²) >= 11 is 0. The van der Waals surface area contributed by atoms with E-state index >= 15 is 0 Å². The van der Waals surface area contributed by atoms with Crippen LogP contribution in [0.1, 0.15) is 25.5 Å². The van der Waals surface area contributed by atoms with Crippen molar-refractivity contribution in [1.29, 1.82) is 0 Å². The minimum absolute atomic E-state index is 0.127. The van der Waals surface area contributed by atoms with E-state index in [4.69, 9.17) is 4.74 Å². The van der Waals surface area contributed by atoms with Crippen molar-refractivity contribution in [3.63, 3.8) is 0 Å². The van der Waals surface area contributed by atoms with E-state index in [1.165, 1.54) is 21.4 Å². The van der Waals surface area contributed by atoms with E-state index < -0.39 is 18.3 Å². The number of hydrogen-bond acceptors (Lipinski definition) is 7. The molecular formula is C29H26F3N7O3. The van der Waals surface area contributed by atoms with Crippen LogP contribution in [0.2, 0.25) is 0 Å². The average molecular weight is 578 g/mol. The molecule has 1 atom stereocenters. The number of rotatable bonds is 6.